The molecule has 0 bridgehead atoms. The monoisotopic (exact) mass is 346 g/mol. The second-order valence-corrected chi connectivity index (χ2v) is 6.30. The van der Waals surface area contributed by atoms with Gasteiger partial charge in [0.15, 0.2) is 0 Å². The average Bonchev–Trinajstić information content (AvgIpc) is 2.63. The topological polar surface area (TPSA) is 58.1 Å². The summed E-state index contributed by atoms with van der Waals surface area (Å²) >= 11 is 0. The summed E-state index contributed by atoms with van der Waals surface area (Å²) < 4.78 is 0. The van der Waals surface area contributed by atoms with Crippen molar-refractivity contribution in [3.05, 3.63) is 83.2 Å². The van der Waals surface area contributed by atoms with Gasteiger partial charge < -0.3 is 10.2 Å². The highest BCUT2D eigenvalue weighted by atomic mass is 16.2. The first-order chi connectivity index (χ1) is 12.5. The molecule has 5 heteroatoms. The van der Waals surface area contributed by atoms with Crippen molar-refractivity contribution in [1.29, 1.82) is 0 Å². The number of hydrogen-bond acceptors (Lipinski definition) is 4. The second kappa shape index (κ2) is 7.78. The zero-order valence-corrected chi connectivity index (χ0v) is 15.2. The molecule has 5 nitrogen and oxygen atoms in total. The van der Waals surface area contributed by atoms with E-state index < -0.39 is 0 Å². The third-order valence-corrected chi connectivity index (χ3v) is 4.07. The Balaban J connectivity index is 1.80. The van der Waals surface area contributed by atoms with Gasteiger partial charge in [-0.3, -0.25) is 4.79 Å². The molecule has 1 heterocycles. The Morgan fingerprint density at radius 3 is 2.42 bits per heavy atom. The summed E-state index contributed by atoms with van der Waals surface area (Å²) in [7, 11) is 1.78. The molecule has 0 saturated heterocycles. The predicted molar refractivity (Wildman–Crippen MR) is 103 cm³/mol. The molecule has 0 atom stereocenters. The molecular weight excluding hydrogens is 324 g/mol. The van der Waals surface area contributed by atoms with Crippen LogP contribution in [0.4, 0.5) is 11.6 Å². The molecule has 1 N–H and O–H groups in total. The summed E-state index contributed by atoms with van der Waals surface area (Å²) in [6, 6.07) is 19.5. The zero-order valence-electron chi connectivity index (χ0n) is 15.2. The molecule has 0 spiro atoms. The second-order valence-electron chi connectivity index (χ2n) is 6.30. The SMILES string of the molecule is Cc1cc(C(=O)N(C)Cc2ccccc2)nc(Nc2ccccc2C)n1. The van der Waals surface area contributed by atoms with Crippen molar-refractivity contribution in [2.45, 2.75) is 20.4 Å². The van der Waals surface area contributed by atoms with E-state index in [4.69, 9.17) is 0 Å². The van der Waals surface area contributed by atoms with Crippen LogP contribution in [0.15, 0.2) is 60.7 Å². The summed E-state index contributed by atoms with van der Waals surface area (Å²) in [6.45, 7) is 4.40. The molecule has 1 amide bonds. The first-order valence-corrected chi connectivity index (χ1v) is 8.50. The zero-order chi connectivity index (χ0) is 18.5. The first-order valence-electron chi connectivity index (χ1n) is 8.50. The fraction of sp³-hybridized carbons (Fsp3) is 0.190. The number of hydrogen-bond donors (Lipinski definition) is 1. The van der Waals surface area contributed by atoms with Crippen LogP contribution in [0, 0.1) is 13.8 Å². The Kier molecular flexibility index (Phi) is 5.27. The van der Waals surface area contributed by atoms with Crippen LogP contribution in [0.25, 0.3) is 0 Å². The van der Waals surface area contributed by atoms with Crippen molar-refractivity contribution >= 4 is 17.5 Å². The number of amides is 1. The lowest BCUT2D eigenvalue weighted by Gasteiger charge is -2.17. The minimum absolute atomic E-state index is 0.132. The van der Waals surface area contributed by atoms with Crippen molar-refractivity contribution in [2.24, 2.45) is 0 Å². The van der Waals surface area contributed by atoms with Crippen LogP contribution in [0.2, 0.25) is 0 Å². The number of benzene rings is 2. The van der Waals surface area contributed by atoms with E-state index in [1.807, 2.05) is 68.4 Å². The molecule has 132 valence electrons. The molecule has 2 aromatic carbocycles. The lowest BCUT2D eigenvalue weighted by molar-refractivity contribution is 0.0779. The Morgan fingerprint density at radius 1 is 1.00 bits per heavy atom. The molecule has 0 fully saturated rings. The largest absolute Gasteiger partial charge is 0.336 e. The van der Waals surface area contributed by atoms with Gasteiger partial charge in [-0.1, -0.05) is 48.5 Å². The molecule has 0 radical (unpaired) electrons. The molecule has 0 aliphatic rings. The van der Waals surface area contributed by atoms with Crippen LogP contribution in [0.3, 0.4) is 0 Å². The third kappa shape index (κ3) is 4.25. The van der Waals surface area contributed by atoms with Gasteiger partial charge in [0.2, 0.25) is 5.95 Å². The molecule has 0 aliphatic heterocycles. The van der Waals surface area contributed by atoms with E-state index in [-0.39, 0.29) is 5.91 Å². The lowest BCUT2D eigenvalue weighted by atomic mass is 10.2. The normalized spacial score (nSPS) is 10.4. The van der Waals surface area contributed by atoms with Crippen molar-refractivity contribution in [2.75, 3.05) is 12.4 Å². The highest BCUT2D eigenvalue weighted by Gasteiger charge is 2.16. The smallest absolute Gasteiger partial charge is 0.272 e. The van der Waals surface area contributed by atoms with E-state index in [2.05, 4.69) is 15.3 Å². The van der Waals surface area contributed by atoms with Gasteiger partial charge in [-0.05, 0) is 37.1 Å². The first kappa shape index (κ1) is 17.6. The van der Waals surface area contributed by atoms with Gasteiger partial charge in [-0.2, -0.15) is 0 Å². The number of aromatic nitrogens is 2. The van der Waals surface area contributed by atoms with Crippen LogP contribution < -0.4 is 5.32 Å². The number of carbonyl (C=O) groups is 1. The Morgan fingerprint density at radius 2 is 1.69 bits per heavy atom. The van der Waals surface area contributed by atoms with Gasteiger partial charge in [0.05, 0.1) is 0 Å². The van der Waals surface area contributed by atoms with Gasteiger partial charge in [0.1, 0.15) is 5.69 Å². The van der Waals surface area contributed by atoms with Crippen LogP contribution in [-0.4, -0.2) is 27.8 Å². The molecule has 0 aliphatic carbocycles. The number of carbonyl (C=O) groups excluding carboxylic acids is 1. The van der Waals surface area contributed by atoms with E-state index in [1.165, 1.54) is 0 Å². The van der Waals surface area contributed by atoms with Gasteiger partial charge in [0.25, 0.3) is 5.91 Å². The number of aryl methyl sites for hydroxylation is 2. The maximum Gasteiger partial charge on any atom is 0.272 e. The van der Waals surface area contributed by atoms with Gasteiger partial charge in [-0.15, -0.1) is 0 Å². The quantitative estimate of drug-likeness (QED) is 0.755. The predicted octanol–water partition coefficient (Wildman–Crippen LogP) is 4.11. The summed E-state index contributed by atoms with van der Waals surface area (Å²) in [5, 5.41) is 3.20. The number of nitrogens with one attached hydrogen (secondary N) is 1. The molecule has 3 rings (SSSR count). The highest BCUT2D eigenvalue weighted by Crippen LogP contribution is 2.18. The Labute approximate surface area is 153 Å². The molecule has 3 aromatic rings. The Hall–Kier alpha value is -3.21. The molecule has 0 unspecified atom stereocenters. The van der Waals surface area contributed by atoms with Gasteiger partial charge in [0, 0.05) is 25.0 Å². The minimum atomic E-state index is -0.132. The fourth-order valence-electron chi connectivity index (χ4n) is 2.69. The maximum atomic E-state index is 12.8. The Bertz CT molecular complexity index is 909. The van der Waals surface area contributed by atoms with Crippen molar-refractivity contribution < 1.29 is 4.79 Å². The average molecular weight is 346 g/mol. The maximum absolute atomic E-state index is 12.8. The number of anilines is 2. The van der Waals surface area contributed by atoms with Crippen LogP contribution in [-0.2, 0) is 6.54 Å². The molecule has 1 aromatic heterocycles. The molecule has 0 saturated carbocycles. The molecular formula is C21H22N4O. The van der Waals surface area contributed by atoms with E-state index in [1.54, 1.807) is 18.0 Å². The number of rotatable bonds is 5. The van der Waals surface area contributed by atoms with E-state index >= 15 is 0 Å². The standard InChI is InChI=1S/C21H22N4O/c1-15-9-7-8-12-18(15)23-21-22-16(2)13-19(24-21)20(26)25(3)14-17-10-5-4-6-11-17/h4-13H,14H2,1-3H3,(H,22,23,24). The van der Waals surface area contributed by atoms with Crippen LogP contribution >= 0.6 is 0 Å². The van der Waals surface area contributed by atoms with E-state index in [9.17, 15) is 4.79 Å². The summed E-state index contributed by atoms with van der Waals surface area (Å²) in [6.07, 6.45) is 0. The summed E-state index contributed by atoms with van der Waals surface area (Å²) in [4.78, 5) is 23.3. The molecule has 26 heavy (non-hydrogen) atoms. The van der Waals surface area contributed by atoms with E-state index in [0.29, 0.717) is 18.2 Å². The van der Waals surface area contributed by atoms with Crippen molar-refractivity contribution in [1.82, 2.24) is 14.9 Å². The van der Waals surface area contributed by atoms with Crippen molar-refractivity contribution in [3.63, 3.8) is 0 Å². The summed E-state index contributed by atoms with van der Waals surface area (Å²) in [5.41, 5.74) is 4.22. The van der Waals surface area contributed by atoms with Gasteiger partial charge in [-0.25, -0.2) is 9.97 Å². The lowest BCUT2D eigenvalue weighted by Crippen LogP contribution is -2.27. The van der Waals surface area contributed by atoms with Gasteiger partial charge >= 0.3 is 0 Å². The number of para-hydroxylation sites is 1. The van der Waals surface area contributed by atoms with Crippen molar-refractivity contribution in [3.8, 4) is 0 Å². The van der Waals surface area contributed by atoms with E-state index in [0.717, 1.165) is 22.5 Å². The summed E-state index contributed by atoms with van der Waals surface area (Å²) in [5.74, 6) is 0.294. The third-order valence-electron chi connectivity index (χ3n) is 4.07. The minimum Gasteiger partial charge on any atom is -0.336 e. The highest BCUT2D eigenvalue weighted by molar-refractivity contribution is 5.92. The van der Waals surface area contributed by atoms with Crippen LogP contribution in [0.1, 0.15) is 27.3 Å². The number of nitrogens with zero attached hydrogens (tertiary/aromatic N) is 3. The van der Waals surface area contributed by atoms with Crippen LogP contribution in [0.5, 0.6) is 0 Å². The fourth-order valence-corrected chi connectivity index (χ4v) is 2.69.